The highest BCUT2D eigenvalue weighted by molar-refractivity contribution is 7.99. The summed E-state index contributed by atoms with van der Waals surface area (Å²) in [5.74, 6) is 2.43. The molecule has 3 atom stereocenters. The standard InChI is InChI=1S/C17H32N2O2S/c1-16(2,3)21-15(20)19-14-8-6-7-13(14)18-12-9-17(4,5)11-22-10-12/h12-14,18H,6-11H2,1-5H3,(H,19,20). The zero-order chi connectivity index (χ0) is 16.4. The van der Waals surface area contributed by atoms with Crippen molar-refractivity contribution in [1.82, 2.24) is 10.6 Å². The molecule has 2 N–H and O–H groups in total. The van der Waals surface area contributed by atoms with E-state index in [2.05, 4.69) is 24.5 Å². The highest BCUT2D eigenvalue weighted by Crippen LogP contribution is 2.34. The molecule has 1 heterocycles. The van der Waals surface area contributed by atoms with Gasteiger partial charge in [0.25, 0.3) is 0 Å². The van der Waals surface area contributed by atoms with Crippen molar-refractivity contribution in [1.29, 1.82) is 0 Å². The van der Waals surface area contributed by atoms with Crippen LogP contribution in [0.4, 0.5) is 4.79 Å². The second-order valence-electron chi connectivity index (χ2n) is 8.54. The summed E-state index contributed by atoms with van der Waals surface area (Å²) >= 11 is 2.04. The highest BCUT2D eigenvalue weighted by atomic mass is 32.2. The van der Waals surface area contributed by atoms with E-state index in [1.807, 2.05) is 32.5 Å². The van der Waals surface area contributed by atoms with E-state index in [0.717, 1.165) is 12.8 Å². The molecule has 0 bridgehead atoms. The second-order valence-corrected chi connectivity index (χ2v) is 9.57. The number of alkyl carbamates (subject to hydrolysis) is 1. The minimum Gasteiger partial charge on any atom is -0.444 e. The zero-order valence-electron chi connectivity index (χ0n) is 14.7. The van der Waals surface area contributed by atoms with Crippen LogP contribution in [0.5, 0.6) is 0 Å². The number of rotatable bonds is 3. The van der Waals surface area contributed by atoms with Crippen molar-refractivity contribution in [2.75, 3.05) is 11.5 Å². The fourth-order valence-corrected chi connectivity index (χ4v) is 4.75. The summed E-state index contributed by atoms with van der Waals surface area (Å²) in [7, 11) is 0. The molecule has 0 radical (unpaired) electrons. The molecular formula is C17H32N2O2S. The zero-order valence-corrected chi connectivity index (χ0v) is 15.5. The van der Waals surface area contributed by atoms with Crippen molar-refractivity contribution in [3.05, 3.63) is 0 Å². The second kappa shape index (κ2) is 7.00. The molecule has 0 aromatic carbocycles. The maximum atomic E-state index is 12.0. The molecule has 2 aliphatic rings. The predicted molar refractivity (Wildman–Crippen MR) is 93.4 cm³/mol. The van der Waals surface area contributed by atoms with Crippen molar-refractivity contribution in [3.63, 3.8) is 0 Å². The van der Waals surface area contributed by atoms with E-state index in [-0.39, 0.29) is 12.1 Å². The smallest absolute Gasteiger partial charge is 0.407 e. The number of carbonyl (C=O) groups excluding carboxylic acids is 1. The summed E-state index contributed by atoms with van der Waals surface area (Å²) in [6.45, 7) is 10.4. The molecule has 1 amide bonds. The first-order valence-electron chi connectivity index (χ1n) is 8.48. The average molecular weight is 329 g/mol. The van der Waals surface area contributed by atoms with Crippen molar-refractivity contribution in [3.8, 4) is 0 Å². The van der Waals surface area contributed by atoms with Crippen molar-refractivity contribution >= 4 is 17.9 Å². The Balaban J connectivity index is 1.84. The largest absolute Gasteiger partial charge is 0.444 e. The van der Waals surface area contributed by atoms with Gasteiger partial charge in [-0.1, -0.05) is 13.8 Å². The number of amides is 1. The fraction of sp³-hybridized carbons (Fsp3) is 0.941. The summed E-state index contributed by atoms with van der Waals surface area (Å²) in [5, 5.41) is 6.87. The Morgan fingerprint density at radius 1 is 1.23 bits per heavy atom. The molecular weight excluding hydrogens is 296 g/mol. The van der Waals surface area contributed by atoms with Crippen molar-refractivity contribution < 1.29 is 9.53 Å². The van der Waals surface area contributed by atoms with Gasteiger partial charge >= 0.3 is 6.09 Å². The number of hydrogen-bond donors (Lipinski definition) is 2. The lowest BCUT2D eigenvalue weighted by atomic mass is 9.87. The van der Waals surface area contributed by atoms with Gasteiger partial charge in [0.1, 0.15) is 5.60 Å². The topological polar surface area (TPSA) is 50.4 Å². The molecule has 1 aliphatic carbocycles. The van der Waals surface area contributed by atoms with Crippen LogP contribution in [0.25, 0.3) is 0 Å². The van der Waals surface area contributed by atoms with E-state index in [4.69, 9.17) is 4.74 Å². The fourth-order valence-electron chi connectivity index (χ4n) is 3.46. The van der Waals surface area contributed by atoms with Gasteiger partial charge in [-0.25, -0.2) is 4.79 Å². The molecule has 3 unspecified atom stereocenters. The molecule has 4 nitrogen and oxygen atoms in total. The molecule has 2 fully saturated rings. The first-order chi connectivity index (χ1) is 10.1. The SMILES string of the molecule is CC1(C)CSCC(NC2CCCC2NC(=O)OC(C)(C)C)C1. The van der Waals surface area contributed by atoms with Crippen LogP contribution in [0.2, 0.25) is 0 Å². The molecule has 0 aromatic rings. The van der Waals surface area contributed by atoms with E-state index in [1.165, 1.54) is 24.3 Å². The molecule has 0 spiro atoms. The molecule has 128 valence electrons. The molecule has 5 heteroatoms. The van der Waals surface area contributed by atoms with Gasteiger partial charge in [-0.15, -0.1) is 0 Å². The Bertz CT molecular complexity index is 393. The Labute approximate surface area is 139 Å². The summed E-state index contributed by atoms with van der Waals surface area (Å²) in [5.41, 5.74) is -0.0249. The van der Waals surface area contributed by atoms with Crippen LogP contribution in [0.15, 0.2) is 0 Å². The van der Waals surface area contributed by atoms with E-state index < -0.39 is 5.60 Å². The van der Waals surface area contributed by atoms with Gasteiger partial charge in [-0.2, -0.15) is 11.8 Å². The Hall–Kier alpha value is -0.420. The number of hydrogen-bond acceptors (Lipinski definition) is 4. The highest BCUT2D eigenvalue weighted by Gasteiger charge is 2.34. The van der Waals surface area contributed by atoms with Gasteiger partial charge in [0.15, 0.2) is 0 Å². The van der Waals surface area contributed by atoms with E-state index in [0.29, 0.717) is 17.5 Å². The quantitative estimate of drug-likeness (QED) is 0.832. The lowest BCUT2D eigenvalue weighted by molar-refractivity contribution is 0.0496. The van der Waals surface area contributed by atoms with Crippen LogP contribution < -0.4 is 10.6 Å². The maximum absolute atomic E-state index is 12.0. The van der Waals surface area contributed by atoms with Crippen LogP contribution in [0.3, 0.4) is 0 Å². The van der Waals surface area contributed by atoms with Crippen LogP contribution in [-0.4, -0.2) is 41.3 Å². The Morgan fingerprint density at radius 3 is 2.55 bits per heavy atom. The first-order valence-corrected chi connectivity index (χ1v) is 9.63. The number of thioether (sulfide) groups is 1. The van der Waals surface area contributed by atoms with Gasteiger partial charge in [0, 0.05) is 23.9 Å². The number of carbonyl (C=O) groups is 1. The number of ether oxygens (including phenoxy) is 1. The molecule has 22 heavy (non-hydrogen) atoms. The molecule has 2 rings (SSSR count). The van der Waals surface area contributed by atoms with Crippen LogP contribution in [0.1, 0.15) is 60.3 Å². The lowest BCUT2D eigenvalue weighted by Crippen LogP contribution is -2.53. The number of nitrogens with one attached hydrogen (secondary N) is 2. The monoisotopic (exact) mass is 328 g/mol. The van der Waals surface area contributed by atoms with Crippen LogP contribution in [-0.2, 0) is 4.74 Å². The van der Waals surface area contributed by atoms with Crippen molar-refractivity contribution in [2.24, 2.45) is 5.41 Å². The lowest BCUT2D eigenvalue weighted by Gasteiger charge is -2.37. The minimum absolute atomic E-state index is 0.199. The Kier molecular flexibility index (Phi) is 5.70. The predicted octanol–water partition coefficient (Wildman–Crippen LogP) is 3.55. The Morgan fingerprint density at radius 2 is 1.91 bits per heavy atom. The van der Waals surface area contributed by atoms with Crippen LogP contribution in [0, 0.1) is 5.41 Å². The average Bonchev–Trinajstić information content (AvgIpc) is 2.72. The summed E-state index contributed by atoms with van der Waals surface area (Å²) in [6, 6.07) is 1.14. The molecule has 1 saturated heterocycles. The van der Waals surface area contributed by atoms with Gasteiger partial charge in [0.05, 0.1) is 0 Å². The van der Waals surface area contributed by atoms with E-state index in [1.54, 1.807) is 0 Å². The van der Waals surface area contributed by atoms with E-state index in [9.17, 15) is 4.79 Å². The summed E-state index contributed by atoms with van der Waals surface area (Å²) < 4.78 is 5.39. The van der Waals surface area contributed by atoms with Gasteiger partial charge < -0.3 is 15.4 Å². The van der Waals surface area contributed by atoms with Gasteiger partial charge in [-0.3, -0.25) is 0 Å². The van der Waals surface area contributed by atoms with E-state index >= 15 is 0 Å². The summed E-state index contributed by atoms with van der Waals surface area (Å²) in [6.07, 6.45) is 4.28. The first kappa shape index (κ1) is 17.9. The normalized spacial score (nSPS) is 31.8. The maximum Gasteiger partial charge on any atom is 0.407 e. The third-order valence-electron chi connectivity index (χ3n) is 4.28. The van der Waals surface area contributed by atoms with Crippen LogP contribution >= 0.6 is 11.8 Å². The summed E-state index contributed by atoms with van der Waals surface area (Å²) in [4.78, 5) is 12.0. The van der Waals surface area contributed by atoms with Gasteiger partial charge in [0.2, 0.25) is 0 Å². The molecule has 1 aliphatic heterocycles. The molecule has 0 aromatic heterocycles. The molecule has 1 saturated carbocycles. The third-order valence-corrected chi connectivity index (χ3v) is 5.90. The third kappa shape index (κ3) is 5.65. The van der Waals surface area contributed by atoms with Gasteiger partial charge in [-0.05, 0) is 57.6 Å². The minimum atomic E-state index is -0.435. The van der Waals surface area contributed by atoms with Crippen molar-refractivity contribution in [2.45, 2.75) is 84.0 Å².